The van der Waals surface area contributed by atoms with Gasteiger partial charge in [-0.15, -0.1) is 0 Å². The molecular weight excluding hydrogens is 216 g/mol. The van der Waals surface area contributed by atoms with Crippen LogP contribution in [0, 0.1) is 0 Å². The molecule has 1 aliphatic heterocycles. The van der Waals surface area contributed by atoms with Crippen molar-refractivity contribution in [2.75, 3.05) is 20.1 Å². The van der Waals surface area contributed by atoms with Gasteiger partial charge in [0, 0.05) is 13.1 Å². The maximum atomic E-state index is 10.3. The molecule has 90 valence electrons. The zero-order chi connectivity index (χ0) is 12.1. The maximum absolute atomic E-state index is 10.3. The first-order chi connectivity index (χ1) is 8.29. The van der Waals surface area contributed by atoms with Crippen molar-refractivity contribution in [3.8, 4) is 5.75 Å². The van der Waals surface area contributed by atoms with Gasteiger partial charge in [0.2, 0.25) is 6.08 Å². The quantitative estimate of drug-likeness (QED) is 0.592. The van der Waals surface area contributed by atoms with Crippen LogP contribution in [-0.2, 0) is 4.79 Å². The molecule has 0 N–H and O–H groups in total. The molecule has 1 fully saturated rings. The van der Waals surface area contributed by atoms with E-state index in [9.17, 15) is 4.79 Å². The molecule has 0 bridgehead atoms. The summed E-state index contributed by atoms with van der Waals surface area (Å²) in [5.41, 5.74) is 0.557. The van der Waals surface area contributed by atoms with Crippen molar-refractivity contribution in [1.29, 1.82) is 0 Å². The van der Waals surface area contributed by atoms with Gasteiger partial charge >= 0.3 is 0 Å². The minimum atomic E-state index is 0.217. The van der Waals surface area contributed by atoms with Crippen LogP contribution in [0.4, 0.5) is 5.69 Å². The minimum absolute atomic E-state index is 0.217. The summed E-state index contributed by atoms with van der Waals surface area (Å²) in [5, 5.41) is 0. The van der Waals surface area contributed by atoms with Crippen molar-refractivity contribution in [2.45, 2.75) is 18.9 Å². The topological polar surface area (TPSA) is 41.9 Å². The fourth-order valence-electron chi connectivity index (χ4n) is 1.98. The van der Waals surface area contributed by atoms with E-state index >= 15 is 0 Å². The van der Waals surface area contributed by atoms with Crippen molar-refractivity contribution in [2.24, 2.45) is 4.99 Å². The molecule has 1 aromatic rings. The highest BCUT2D eigenvalue weighted by Gasteiger charge is 2.18. The van der Waals surface area contributed by atoms with Crippen LogP contribution in [0.25, 0.3) is 0 Å². The average molecular weight is 232 g/mol. The molecule has 4 heteroatoms. The Hall–Kier alpha value is -1.64. The fourth-order valence-corrected chi connectivity index (χ4v) is 1.98. The third kappa shape index (κ3) is 3.16. The third-order valence-electron chi connectivity index (χ3n) is 2.99. The smallest absolute Gasteiger partial charge is 0.240 e. The van der Waals surface area contributed by atoms with Gasteiger partial charge in [-0.1, -0.05) is 12.1 Å². The number of nitrogens with zero attached hydrogens (tertiary/aromatic N) is 2. The number of hydrogen-bond acceptors (Lipinski definition) is 4. The van der Waals surface area contributed by atoms with E-state index < -0.39 is 0 Å². The van der Waals surface area contributed by atoms with Crippen LogP contribution in [0.5, 0.6) is 5.75 Å². The average Bonchev–Trinajstić information content (AvgIpc) is 2.35. The lowest BCUT2D eigenvalue weighted by Crippen LogP contribution is -2.35. The summed E-state index contributed by atoms with van der Waals surface area (Å²) in [6.07, 6.45) is 3.79. The van der Waals surface area contributed by atoms with Gasteiger partial charge in [-0.25, -0.2) is 4.79 Å². The van der Waals surface area contributed by atoms with Gasteiger partial charge < -0.3 is 9.64 Å². The van der Waals surface area contributed by atoms with Crippen LogP contribution >= 0.6 is 0 Å². The summed E-state index contributed by atoms with van der Waals surface area (Å²) in [7, 11) is 2.11. The second kappa shape index (κ2) is 5.62. The monoisotopic (exact) mass is 232 g/mol. The summed E-state index contributed by atoms with van der Waals surface area (Å²) < 4.78 is 5.89. The Balaban J connectivity index is 2.05. The highest BCUT2D eigenvalue weighted by molar-refractivity contribution is 5.57. The second-order valence-electron chi connectivity index (χ2n) is 4.29. The van der Waals surface area contributed by atoms with E-state index in [2.05, 4.69) is 16.9 Å². The first kappa shape index (κ1) is 11.8. The summed E-state index contributed by atoms with van der Waals surface area (Å²) in [6.45, 7) is 2.09. The Morgan fingerprint density at radius 2 is 2.06 bits per heavy atom. The van der Waals surface area contributed by atoms with E-state index in [1.54, 1.807) is 12.1 Å². The van der Waals surface area contributed by atoms with Gasteiger partial charge in [-0.2, -0.15) is 4.99 Å². The maximum Gasteiger partial charge on any atom is 0.240 e. The third-order valence-corrected chi connectivity index (χ3v) is 2.99. The molecule has 2 rings (SSSR count). The van der Waals surface area contributed by atoms with Crippen molar-refractivity contribution >= 4 is 11.8 Å². The van der Waals surface area contributed by atoms with E-state index in [4.69, 9.17) is 4.74 Å². The van der Waals surface area contributed by atoms with Gasteiger partial charge in [0.15, 0.2) is 0 Å². The summed E-state index contributed by atoms with van der Waals surface area (Å²) in [4.78, 5) is 16.2. The number of carbonyl (C=O) groups excluding carboxylic acids is 1. The fraction of sp³-hybridized carbons (Fsp3) is 0.462. The van der Waals surface area contributed by atoms with Gasteiger partial charge in [-0.3, -0.25) is 0 Å². The van der Waals surface area contributed by atoms with E-state index in [1.807, 2.05) is 18.2 Å². The second-order valence-corrected chi connectivity index (χ2v) is 4.29. The van der Waals surface area contributed by atoms with E-state index in [0.717, 1.165) is 25.9 Å². The van der Waals surface area contributed by atoms with Crippen LogP contribution in [0.3, 0.4) is 0 Å². The number of piperidine rings is 1. The molecule has 0 aromatic heterocycles. The molecule has 4 nitrogen and oxygen atoms in total. The molecule has 0 aliphatic carbocycles. The highest BCUT2D eigenvalue weighted by Crippen LogP contribution is 2.28. The molecule has 0 saturated carbocycles. The molecule has 1 aliphatic rings. The highest BCUT2D eigenvalue weighted by atomic mass is 16.5. The van der Waals surface area contributed by atoms with Crippen LogP contribution < -0.4 is 4.74 Å². The SMILES string of the molecule is CN1CCC(Oc2ccccc2N=C=O)CC1. The lowest BCUT2D eigenvalue weighted by atomic mass is 10.1. The zero-order valence-electron chi connectivity index (χ0n) is 9.93. The van der Waals surface area contributed by atoms with Crippen LogP contribution in [-0.4, -0.2) is 37.2 Å². The number of isocyanates is 1. The van der Waals surface area contributed by atoms with E-state index in [1.165, 1.54) is 0 Å². The number of hydrogen-bond donors (Lipinski definition) is 0. The first-order valence-electron chi connectivity index (χ1n) is 5.81. The molecule has 0 spiro atoms. The Morgan fingerprint density at radius 3 is 2.76 bits per heavy atom. The molecule has 0 radical (unpaired) electrons. The van der Waals surface area contributed by atoms with Gasteiger partial charge in [0.25, 0.3) is 0 Å². The predicted octanol–water partition coefficient (Wildman–Crippen LogP) is 2.13. The molecular formula is C13H16N2O2. The van der Waals surface area contributed by atoms with Crippen LogP contribution in [0.2, 0.25) is 0 Å². The van der Waals surface area contributed by atoms with Gasteiger partial charge in [-0.05, 0) is 32.0 Å². The molecule has 0 amide bonds. The van der Waals surface area contributed by atoms with E-state index in [-0.39, 0.29) is 6.10 Å². The lowest BCUT2D eigenvalue weighted by molar-refractivity contribution is 0.115. The Bertz CT molecular complexity index is 419. The van der Waals surface area contributed by atoms with Crippen molar-refractivity contribution < 1.29 is 9.53 Å². The molecule has 17 heavy (non-hydrogen) atoms. The number of aliphatic imine (C=N–C) groups is 1. The van der Waals surface area contributed by atoms with E-state index in [0.29, 0.717) is 11.4 Å². The Kier molecular flexibility index (Phi) is 3.91. The van der Waals surface area contributed by atoms with Crippen molar-refractivity contribution in [3.05, 3.63) is 24.3 Å². The summed E-state index contributed by atoms with van der Waals surface area (Å²) in [5.74, 6) is 0.672. The minimum Gasteiger partial charge on any atom is -0.488 e. The van der Waals surface area contributed by atoms with Crippen molar-refractivity contribution in [1.82, 2.24) is 4.90 Å². The van der Waals surface area contributed by atoms with Crippen LogP contribution in [0.1, 0.15) is 12.8 Å². The number of rotatable bonds is 3. The lowest BCUT2D eigenvalue weighted by Gasteiger charge is -2.29. The normalized spacial score (nSPS) is 17.5. The number of para-hydroxylation sites is 2. The zero-order valence-corrected chi connectivity index (χ0v) is 9.93. The number of likely N-dealkylation sites (tertiary alicyclic amines) is 1. The molecule has 0 atom stereocenters. The number of benzene rings is 1. The summed E-state index contributed by atoms with van der Waals surface area (Å²) in [6, 6.07) is 7.31. The van der Waals surface area contributed by atoms with Gasteiger partial charge in [0.1, 0.15) is 17.5 Å². The Morgan fingerprint density at radius 1 is 1.35 bits per heavy atom. The molecule has 1 saturated heterocycles. The molecule has 1 heterocycles. The summed E-state index contributed by atoms with van der Waals surface area (Å²) >= 11 is 0. The van der Waals surface area contributed by atoms with Gasteiger partial charge in [0.05, 0.1) is 0 Å². The largest absolute Gasteiger partial charge is 0.488 e. The van der Waals surface area contributed by atoms with Crippen LogP contribution in [0.15, 0.2) is 29.3 Å². The molecule has 1 aromatic carbocycles. The first-order valence-corrected chi connectivity index (χ1v) is 5.81. The molecule has 0 unspecified atom stereocenters. The Labute approximate surface area is 101 Å². The predicted molar refractivity (Wildman–Crippen MR) is 65.4 cm³/mol. The standard InChI is InChI=1S/C13H16N2O2/c1-15-8-6-11(7-9-15)17-13-5-3-2-4-12(13)14-10-16/h2-5,11H,6-9H2,1H3. The van der Waals surface area contributed by atoms with Crippen molar-refractivity contribution in [3.63, 3.8) is 0 Å². The number of ether oxygens (including phenoxy) is 1.